The van der Waals surface area contributed by atoms with Crippen LogP contribution in [-0.4, -0.2) is 32.5 Å². The smallest absolute Gasteiger partial charge is 0.126 e. The second-order valence-corrected chi connectivity index (χ2v) is 6.02. The van der Waals surface area contributed by atoms with Crippen LogP contribution in [0.3, 0.4) is 0 Å². The lowest BCUT2D eigenvalue weighted by molar-refractivity contribution is 0.0516. The van der Waals surface area contributed by atoms with E-state index in [1.807, 2.05) is 17.1 Å². The van der Waals surface area contributed by atoms with Crippen molar-refractivity contribution in [2.45, 2.75) is 52.4 Å². The van der Waals surface area contributed by atoms with Gasteiger partial charge in [0.2, 0.25) is 0 Å². The molecule has 0 saturated carbocycles. The van der Waals surface area contributed by atoms with Gasteiger partial charge in [0.1, 0.15) is 5.82 Å². The van der Waals surface area contributed by atoms with Gasteiger partial charge in [-0.25, -0.2) is 4.98 Å². The molecular formula is C17H27N5O. The molecule has 1 fully saturated rings. The second kappa shape index (κ2) is 7.75. The van der Waals surface area contributed by atoms with Crippen LogP contribution in [0.2, 0.25) is 0 Å². The van der Waals surface area contributed by atoms with Crippen molar-refractivity contribution < 1.29 is 4.74 Å². The van der Waals surface area contributed by atoms with Crippen LogP contribution in [0, 0.1) is 5.92 Å². The zero-order chi connectivity index (χ0) is 16.1. The highest BCUT2D eigenvalue weighted by Gasteiger charge is 2.28. The minimum atomic E-state index is 0.258. The molecule has 2 aromatic rings. The summed E-state index contributed by atoms with van der Waals surface area (Å²) in [5.74, 6) is 1.71. The fourth-order valence-electron chi connectivity index (χ4n) is 3.39. The topological polar surface area (TPSA) is 56.9 Å². The van der Waals surface area contributed by atoms with Crippen LogP contribution in [0.15, 0.2) is 24.7 Å². The Hall–Kier alpha value is -1.66. The van der Waals surface area contributed by atoms with Crippen LogP contribution in [-0.2, 0) is 24.4 Å². The summed E-state index contributed by atoms with van der Waals surface area (Å²) in [6.45, 7) is 8.64. The Labute approximate surface area is 137 Å². The molecule has 1 aliphatic rings. The minimum absolute atomic E-state index is 0.258. The number of imidazole rings is 1. The number of rotatable bonds is 7. The number of hydrogen-bond donors (Lipinski definition) is 1. The molecule has 23 heavy (non-hydrogen) atoms. The van der Waals surface area contributed by atoms with Gasteiger partial charge in [-0.05, 0) is 38.7 Å². The van der Waals surface area contributed by atoms with E-state index < -0.39 is 0 Å². The third-order valence-corrected chi connectivity index (χ3v) is 4.71. The average Bonchev–Trinajstić information content (AvgIpc) is 3.25. The van der Waals surface area contributed by atoms with Crippen LogP contribution in [0.25, 0.3) is 0 Å². The van der Waals surface area contributed by atoms with E-state index in [0.717, 1.165) is 51.5 Å². The highest BCUT2D eigenvalue weighted by atomic mass is 16.5. The molecule has 1 aliphatic heterocycles. The first-order valence-corrected chi connectivity index (χ1v) is 8.66. The fraction of sp³-hybridized carbons (Fsp3) is 0.647. The van der Waals surface area contributed by atoms with E-state index in [0.29, 0.717) is 5.92 Å². The molecule has 0 radical (unpaired) electrons. The number of aromatic nitrogens is 4. The summed E-state index contributed by atoms with van der Waals surface area (Å²) in [5.41, 5.74) is 1.22. The van der Waals surface area contributed by atoms with Gasteiger partial charge < -0.3 is 14.6 Å². The predicted octanol–water partition coefficient (Wildman–Crippen LogP) is 2.38. The summed E-state index contributed by atoms with van der Waals surface area (Å²) in [6.07, 6.45) is 8.02. The number of ether oxygens (including phenoxy) is 1. The molecule has 1 saturated heterocycles. The van der Waals surface area contributed by atoms with Crippen molar-refractivity contribution in [3.8, 4) is 0 Å². The molecule has 0 aliphatic carbocycles. The molecule has 126 valence electrons. The third kappa shape index (κ3) is 3.64. The maximum absolute atomic E-state index is 5.54. The monoisotopic (exact) mass is 317 g/mol. The van der Waals surface area contributed by atoms with E-state index in [9.17, 15) is 0 Å². The zero-order valence-electron chi connectivity index (χ0n) is 14.1. The lowest BCUT2D eigenvalue weighted by Gasteiger charge is -2.31. The van der Waals surface area contributed by atoms with Crippen molar-refractivity contribution in [3.63, 3.8) is 0 Å². The summed E-state index contributed by atoms with van der Waals surface area (Å²) >= 11 is 0. The molecule has 0 bridgehead atoms. The van der Waals surface area contributed by atoms with Crippen LogP contribution < -0.4 is 5.32 Å². The zero-order valence-corrected chi connectivity index (χ0v) is 14.1. The van der Waals surface area contributed by atoms with Crippen LogP contribution in [0.1, 0.15) is 44.2 Å². The Morgan fingerprint density at radius 3 is 2.83 bits per heavy atom. The van der Waals surface area contributed by atoms with Crippen molar-refractivity contribution >= 4 is 0 Å². The van der Waals surface area contributed by atoms with Gasteiger partial charge >= 0.3 is 0 Å². The Kier molecular flexibility index (Phi) is 5.46. The first-order chi connectivity index (χ1) is 11.3. The van der Waals surface area contributed by atoms with E-state index in [2.05, 4.69) is 46.1 Å². The van der Waals surface area contributed by atoms with E-state index in [4.69, 9.17) is 4.74 Å². The molecular weight excluding hydrogens is 290 g/mol. The molecule has 6 nitrogen and oxygen atoms in total. The second-order valence-electron chi connectivity index (χ2n) is 6.02. The van der Waals surface area contributed by atoms with Crippen LogP contribution >= 0.6 is 0 Å². The largest absolute Gasteiger partial charge is 0.381 e. The van der Waals surface area contributed by atoms with Gasteiger partial charge in [0.15, 0.2) is 0 Å². The lowest BCUT2D eigenvalue weighted by Crippen LogP contribution is -2.34. The first kappa shape index (κ1) is 16.2. The molecule has 1 unspecified atom stereocenters. The number of hydrogen-bond acceptors (Lipinski definition) is 4. The highest BCUT2D eigenvalue weighted by Crippen LogP contribution is 2.29. The molecule has 2 aromatic heterocycles. The van der Waals surface area contributed by atoms with Crippen molar-refractivity contribution in [2.24, 2.45) is 5.92 Å². The number of nitrogens with zero attached hydrogens (tertiary/aromatic N) is 4. The number of nitrogens with one attached hydrogen (secondary N) is 1. The summed E-state index contributed by atoms with van der Waals surface area (Å²) < 4.78 is 9.82. The maximum Gasteiger partial charge on any atom is 0.126 e. The molecule has 0 aromatic carbocycles. The average molecular weight is 317 g/mol. The van der Waals surface area contributed by atoms with E-state index in [1.165, 1.54) is 5.69 Å². The van der Waals surface area contributed by atoms with Gasteiger partial charge in [-0.2, -0.15) is 5.10 Å². The fourth-order valence-corrected chi connectivity index (χ4v) is 3.39. The highest BCUT2D eigenvalue weighted by molar-refractivity contribution is 5.05. The van der Waals surface area contributed by atoms with Crippen molar-refractivity contribution in [1.29, 1.82) is 0 Å². The van der Waals surface area contributed by atoms with Crippen LogP contribution in [0.5, 0.6) is 0 Å². The van der Waals surface area contributed by atoms with Crippen molar-refractivity contribution in [2.75, 3.05) is 13.2 Å². The van der Waals surface area contributed by atoms with Gasteiger partial charge in [-0.3, -0.25) is 4.68 Å². The van der Waals surface area contributed by atoms with E-state index in [1.54, 1.807) is 0 Å². The van der Waals surface area contributed by atoms with Crippen molar-refractivity contribution in [1.82, 2.24) is 24.6 Å². The molecule has 3 heterocycles. The SMILES string of the molecule is CCn1ccnc1C(NCc1ccnn1CC)C1CCOCC1. The van der Waals surface area contributed by atoms with Crippen LogP contribution in [0.4, 0.5) is 0 Å². The predicted molar refractivity (Wildman–Crippen MR) is 88.9 cm³/mol. The Bertz CT molecular complexity index is 600. The normalized spacial score (nSPS) is 17.5. The maximum atomic E-state index is 5.54. The standard InChI is InChI=1S/C17H27N5O/c1-3-21-10-9-18-17(21)16(14-6-11-23-12-7-14)19-13-15-5-8-20-22(15)4-2/h5,8-10,14,16,19H,3-4,6-7,11-13H2,1-2H3. The van der Waals surface area contributed by atoms with Gasteiger partial charge in [-0.15, -0.1) is 0 Å². The number of aryl methyl sites for hydroxylation is 2. The molecule has 0 spiro atoms. The summed E-state index contributed by atoms with van der Waals surface area (Å²) in [7, 11) is 0. The summed E-state index contributed by atoms with van der Waals surface area (Å²) in [4.78, 5) is 4.64. The molecule has 0 amide bonds. The molecule has 3 rings (SSSR count). The van der Waals surface area contributed by atoms with E-state index >= 15 is 0 Å². The summed E-state index contributed by atoms with van der Waals surface area (Å²) in [6, 6.07) is 2.35. The Morgan fingerprint density at radius 2 is 2.09 bits per heavy atom. The third-order valence-electron chi connectivity index (χ3n) is 4.71. The van der Waals surface area contributed by atoms with Gasteiger partial charge in [0.25, 0.3) is 0 Å². The van der Waals surface area contributed by atoms with Crippen molar-refractivity contribution in [3.05, 3.63) is 36.2 Å². The van der Waals surface area contributed by atoms with E-state index in [-0.39, 0.29) is 6.04 Å². The van der Waals surface area contributed by atoms with Gasteiger partial charge in [0.05, 0.1) is 11.7 Å². The molecule has 1 N–H and O–H groups in total. The quantitative estimate of drug-likeness (QED) is 0.852. The minimum Gasteiger partial charge on any atom is -0.381 e. The molecule has 6 heteroatoms. The summed E-state index contributed by atoms with van der Waals surface area (Å²) in [5, 5.41) is 8.10. The molecule has 1 atom stereocenters. The van der Waals surface area contributed by atoms with Gasteiger partial charge in [0, 0.05) is 51.4 Å². The first-order valence-electron chi connectivity index (χ1n) is 8.66. The Balaban J connectivity index is 1.77. The van der Waals surface area contributed by atoms with Gasteiger partial charge in [-0.1, -0.05) is 0 Å². The lowest BCUT2D eigenvalue weighted by atomic mass is 9.91. The Morgan fingerprint density at radius 1 is 1.26 bits per heavy atom.